The van der Waals surface area contributed by atoms with Crippen LogP contribution in [0.3, 0.4) is 0 Å². The molecule has 0 unspecified atom stereocenters. The van der Waals surface area contributed by atoms with Crippen molar-refractivity contribution in [2.75, 3.05) is 20.7 Å². The summed E-state index contributed by atoms with van der Waals surface area (Å²) in [6.07, 6.45) is 0.485. The van der Waals surface area contributed by atoms with Gasteiger partial charge in [0.1, 0.15) is 5.75 Å². The number of aryl methyl sites for hydroxylation is 1. The molecule has 3 rings (SSSR count). The Morgan fingerprint density at radius 1 is 1.10 bits per heavy atom. The maximum Gasteiger partial charge on any atom is 0.314 e. The minimum Gasteiger partial charge on any atom is -0.497 e. The molecule has 0 bridgehead atoms. The zero-order valence-electron chi connectivity index (χ0n) is 16.9. The third-order valence-corrected chi connectivity index (χ3v) is 6.75. The first kappa shape index (κ1) is 20.7. The Hall–Kier alpha value is -3.00. The first-order valence-electron chi connectivity index (χ1n) is 9.25. The van der Waals surface area contributed by atoms with Gasteiger partial charge in [0, 0.05) is 24.7 Å². The average molecular weight is 416 g/mol. The number of rotatable bonds is 6. The van der Waals surface area contributed by atoms with E-state index in [0.29, 0.717) is 29.9 Å². The van der Waals surface area contributed by atoms with Gasteiger partial charge in [0.15, 0.2) is 0 Å². The van der Waals surface area contributed by atoms with Crippen LogP contribution in [0.4, 0.5) is 4.79 Å². The summed E-state index contributed by atoms with van der Waals surface area (Å²) in [5, 5.41) is 6.04. The second-order valence-corrected chi connectivity index (χ2v) is 8.57. The van der Waals surface area contributed by atoms with Crippen LogP contribution in [0.5, 0.6) is 5.75 Å². The van der Waals surface area contributed by atoms with Crippen LogP contribution in [0, 0.1) is 13.8 Å². The standard InChI is InChI=1S/C21H25N3O4S/c1-14-5-8-17(9-6-14)29(26,27)24-15(2)18(11-12-23-21(25)22-3)19-13-16(28-4)7-10-20(19)24/h5-10,13H,11-12H2,1-4H3,(H2,22,23,25). The summed E-state index contributed by atoms with van der Waals surface area (Å²) in [5.74, 6) is 0.642. The normalized spacial score (nSPS) is 11.4. The Morgan fingerprint density at radius 2 is 1.79 bits per heavy atom. The Morgan fingerprint density at radius 3 is 2.41 bits per heavy atom. The summed E-state index contributed by atoms with van der Waals surface area (Å²) in [7, 11) is -0.664. The zero-order chi connectivity index (χ0) is 21.2. The monoisotopic (exact) mass is 415 g/mol. The number of fused-ring (bicyclic) bond motifs is 1. The predicted octanol–water partition coefficient (Wildman–Crippen LogP) is 2.98. The van der Waals surface area contributed by atoms with E-state index in [1.165, 1.54) is 3.97 Å². The van der Waals surface area contributed by atoms with E-state index in [-0.39, 0.29) is 10.9 Å². The number of methoxy groups -OCH3 is 1. The van der Waals surface area contributed by atoms with E-state index in [9.17, 15) is 13.2 Å². The Bertz CT molecular complexity index is 1150. The Labute approximate surface area is 170 Å². The molecule has 2 amide bonds. The molecule has 29 heavy (non-hydrogen) atoms. The van der Waals surface area contributed by atoms with Gasteiger partial charge in [0.05, 0.1) is 17.5 Å². The number of nitrogens with zero attached hydrogens (tertiary/aromatic N) is 1. The van der Waals surface area contributed by atoms with E-state index in [1.807, 2.05) is 13.0 Å². The predicted molar refractivity (Wildman–Crippen MR) is 113 cm³/mol. The van der Waals surface area contributed by atoms with Gasteiger partial charge in [-0.15, -0.1) is 0 Å². The molecule has 1 aromatic heterocycles. The number of hydrogen-bond acceptors (Lipinski definition) is 4. The lowest BCUT2D eigenvalue weighted by Crippen LogP contribution is -2.34. The number of carbonyl (C=O) groups excluding carboxylic acids is 1. The molecular formula is C21H25N3O4S. The highest BCUT2D eigenvalue weighted by molar-refractivity contribution is 7.90. The maximum absolute atomic E-state index is 13.4. The topological polar surface area (TPSA) is 89.4 Å². The largest absolute Gasteiger partial charge is 0.497 e. The van der Waals surface area contributed by atoms with Gasteiger partial charge < -0.3 is 15.4 Å². The minimum absolute atomic E-state index is 0.231. The fourth-order valence-electron chi connectivity index (χ4n) is 3.39. The van der Waals surface area contributed by atoms with Crippen molar-refractivity contribution in [2.24, 2.45) is 0 Å². The lowest BCUT2D eigenvalue weighted by atomic mass is 10.1. The molecule has 154 valence electrons. The molecule has 0 saturated carbocycles. The molecule has 2 aromatic carbocycles. The number of amides is 2. The van der Waals surface area contributed by atoms with Crippen molar-refractivity contribution in [3.05, 3.63) is 59.3 Å². The fraction of sp³-hybridized carbons (Fsp3) is 0.286. The summed E-state index contributed by atoms with van der Waals surface area (Å²) >= 11 is 0. The van der Waals surface area contributed by atoms with Crippen LogP contribution in [0.2, 0.25) is 0 Å². The molecule has 0 atom stereocenters. The zero-order valence-corrected chi connectivity index (χ0v) is 17.8. The fourth-order valence-corrected chi connectivity index (χ4v) is 4.97. The van der Waals surface area contributed by atoms with E-state index in [4.69, 9.17) is 4.74 Å². The van der Waals surface area contributed by atoms with Crippen LogP contribution in [0.15, 0.2) is 47.4 Å². The first-order valence-corrected chi connectivity index (χ1v) is 10.7. The summed E-state index contributed by atoms with van der Waals surface area (Å²) in [6.45, 7) is 4.07. The minimum atomic E-state index is -3.78. The van der Waals surface area contributed by atoms with Gasteiger partial charge in [0.2, 0.25) is 0 Å². The van der Waals surface area contributed by atoms with Crippen molar-refractivity contribution in [3.63, 3.8) is 0 Å². The van der Waals surface area contributed by atoms with Gasteiger partial charge in [-0.2, -0.15) is 0 Å². The van der Waals surface area contributed by atoms with Crippen molar-refractivity contribution in [1.82, 2.24) is 14.6 Å². The van der Waals surface area contributed by atoms with Gasteiger partial charge in [-0.05, 0) is 56.2 Å². The van der Waals surface area contributed by atoms with Crippen LogP contribution in [-0.2, 0) is 16.4 Å². The first-order chi connectivity index (χ1) is 13.8. The second-order valence-electron chi connectivity index (χ2n) is 6.79. The van der Waals surface area contributed by atoms with Crippen molar-refractivity contribution in [1.29, 1.82) is 0 Å². The number of urea groups is 1. The highest BCUT2D eigenvalue weighted by atomic mass is 32.2. The molecule has 8 heteroatoms. The lowest BCUT2D eigenvalue weighted by molar-refractivity contribution is 0.243. The SMILES string of the molecule is CNC(=O)NCCc1c(C)n(S(=O)(=O)c2ccc(C)cc2)c2ccc(OC)cc12. The number of benzene rings is 2. The molecule has 7 nitrogen and oxygen atoms in total. The van der Waals surface area contributed by atoms with Crippen LogP contribution in [-0.4, -0.2) is 39.1 Å². The summed E-state index contributed by atoms with van der Waals surface area (Å²) in [6, 6.07) is 11.8. The molecule has 2 N–H and O–H groups in total. The average Bonchev–Trinajstić information content (AvgIpc) is 2.99. The van der Waals surface area contributed by atoms with Gasteiger partial charge >= 0.3 is 6.03 Å². The Balaban J connectivity index is 2.15. The molecule has 0 saturated heterocycles. The van der Waals surface area contributed by atoms with Crippen LogP contribution in [0.25, 0.3) is 10.9 Å². The molecule has 0 aliphatic heterocycles. The third-order valence-electron chi connectivity index (χ3n) is 4.94. The van der Waals surface area contributed by atoms with E-state index in [1.54, 1.807) is 57.5 Å². The van der Waals surface area contributed by atoms with Crippen molar-refractivity contribution < 1.29 is 17.9 Å². The summed E-state index contributed by atoms with van der Waals surface area (Å²) in [4.78, 5) is 11.7. The van der Waals surface area contributed by atoms with Gasteiger partial charge in [-0.1, -0.05) is 17.7 Å². The lowest BCUT2D eigenvalue weighted by Gasteiger charge is -2.11. The van der Waals surface area contributed by atoms with Crippen molar-refractivity contribution in [3.8, 4) is 5.75 Å². The molecule has 3 aromatic rings. The van der Waals surface area contributed by atoms with Crippen molar-refractivity contribution in [2.45, 2.75) is 25.2 Å². The number of aromatic nitrogens is 1. The second kappa shape index (κ2) is 8.16. The summed E-state index contributed by atoms with van der Waals surface area (Å²) in [5.41, 5.74) is 3.04. The quantitative estimate of drug-likeness (QED) is 0.648. The molecule has 0 spiro atoms. The van der Waals surface area contributed by atoms with E-state index >= 15 is 0 Å². The number of carbonyl (C=O) groups is 1. The van der Waals surface area contributed by atoms with Gasteiger partial charge in [-0.3, -0.25) is 0 Å². The number of nitrogens with one attached hydrogen (secondary N) is 2. The molecule has 0 aliphatic rings. The molecule has 0 radical (unpaired) electrons. The summed E-state index contributed by atoms with van der Waals surface area (Å²) < 4.78 is 33.6. The highest BCUT2D eigenvalue weighted by Gasteiger charge is 2.25. The third kappa shape index (κ3) is 3.93. The molecule has 0 fully saturated rings. The van der Waals surface area contributed by atoms with Crippen molar-refractivity contribution >= 4 is 27.0 Å². The van der Waals surface area contributed by atoms with E-state index in [0.717, 1.165) is 16.5 Å². The van der Waals surface area contributed by atoms with Gasteiger partial charge in [-0.25, -0.2) is 17.2 Å². The van der Waals surface area contributed by atoms with Crippen LogP contribution >= 0.6 is 0 Å². The highest BCUT2D eigenvalue weighted by Crippen LogP contribution is 2.32. The smallest absolute Gasteiger partial charge is 0.314 e. The van der Waals surface area contributed by atoms with Gasteiger partial charge in [0.25, 0.3) is 10.0 Å². The Kier molecular flexibility index (Phi) is 5.83. The maximum atomic E-state index is 13.4. The van der Waals surface area contributed by atoms with E-state index < -0.39 is 10.0 Å². The molecule has 0 aliphatic carbocycles. The van der Waals surface area contributed by atoms with E-state index in [2.05, 4.69) is 10.6 Å². The van der Waals surface area contributed by atoms with Crippen LogP contribution < -0.4 is 15.4 Å². The van der Waals surface area contributed by atoms with Crippen LogP contribution in [0.1, 0.15) is 16.8 Å². The molecule has 1 heterocycles. The number of ether oxygens (including phenoxy) is 1. The number of hydrogen-bond donors (Lipinski definition) is 2. The molecular weight excluding hydrogens is 390 g/mol.